The van der Waals surface area contributed by atoms with Crippen molar-refractivity contribution >= 4 is 5.91 Å². The van der Waals surface area contributed by atoms with Gasteiger partial charge in [-0.2, -0.15) is 13.2 Å². The van der Waals surface area contributed by atoms with Gasteiger partial charge in [0.1, 0.15) is 5.82 Å². The molecule has 0 spiro atoms. The van der Waals surface area contributed by atoms with Gasteiger partial charge in [-0.25, -0.2) is 4.39 Å². The number of alkyl halides is 3. The van der Waals surface area contributed by atoms with Crippen LogP contribution in [0.3, 0.4) is 0 Å². The van der Waals surface area contributed by atoms with Crippen LogP contribution in [0.2, 0.25) is 0 Å². The number of benzene rings is 1. The van der Waals surface area contributed by atoms with Crippen molar-refractivity contribution in [2.24, 2.45) is 5.73 Å². The van der Waals surface area contributed by atoms with Crippen LogP contribution in [0.1, 0.15) is 36.9 Å². The van der Waals surface area contributed by atoms with Gasteiger partial charge in [0, 0.05) is 19.0 Å². The summed E-state index contributed by atoms with van der Waals surface area (Å²) in [6, 6.07) is 0.979. The van der Waals surface area contributed by atoms with Gasteiger partial charge in [0.05, 0.1) is 11.6 Å². The molecule has 3 nitrogen and oxygen atoms in total. The topological polar surface area (TPSA) is 46.3 Å². The lowest BCUT2D eigenvalue weighted by atomic mass is 9.98. The second-order valence-electron chi connectivity index (χ2n) is 5.17. The molecule has 0 radical (unpaired) electrons. The lowest BCUT2D eigenvalue weighted by Gasteiger charge is -2.27. The van der Waals surface area contributed by atoms with E-state index in [9.17, 15) is 22.4 Å². The number of likely N-dealkylation sites (tertiary alicyclic amines) is 1. The maximum Gasteiger partial charge on any atom is 0.416 e. The number of hydrogen-bond donors (Lipinski definition) is 1. The van der Waals surface area contributed by atoms with Gasteiger partial charge in [-0.1, -0.05) is 6.92 Å². The summed E-state index contributed by atoms with van der Waals surface area (Å²) in [5.41, 5.74) is 4.89. The molecule has 2 rings (SSSR count). The van der Waals surface area contributed by atoms with E-state index in [4.69, 9.17) is 5.73 Å². The first-order valence-electron chi connectivity index (χ1n) is 6.66. The lowest BCUT2D eigenvalue weighted by molar-refractivity contribution is -0.137. The zero-order chi connectivity index (χ0) is 15.8. The zero-order valence-corrected chi connectivity index (χ0v) is 11.5. The second-order valence-corrected chi connectivity index (χ2v) is 5.17. The first-order valence-corrected chi connectivity index (χ1v) is 6.66. The molecule has 116 valence electrons. The minimum Gasteiger partial charge on any atom is -0.334 e. The summed E-state index contributed by atoms with van der Waals surface area (Å²) >= 11 is 0. The molecule has 1 saturated heterocycles. The van der Waals surface area contributed by atoms with Crippen LogP contribution >= 0.6 is 0 Å². The van der Waals surface area contributed by atoms with Gasteiger partial charge < -0.3 is 10.6 Å². The van der Waals surface area contributed by atoms with Crippen molar-refractivity contribution in [3.05, 3.63) is 35.1 Å². The molecule has 1 aromatic rings. The average Bonchev–Trinajstić information content (AvgIpc) is 2.63. The van der Waals surface area contributed by atoms with E-state index in [-0.39, 0.29) is 17.9 Å². The number of nitrogens with two attached hydrogens (primary N) is 1. The van der Waals surface area contributed by atoms with E-state index in [2.05, 4.69) is 0 Å². The molecule has 0 saturated carbocycles. The van der Waals surface area contributed by atoms with Crippen LogP contribution < -0.4 is 5.73 Å². The van der Waals surface area contributed by atoms with Crippen molar-refractivity contribution in [3.8, 4) is 0 Å². The third kappa shape index (κ3) is 3.18. The summed E-state index contributed by atoms with van der Waals surface area (Å²) in [5, 5.41) is 0. The standard InChI is InChI=1S/C14H16F4N2O/c1-2-3-20-12(21)7-11(19)13(20)8-4-9(14(16,17)18)6-10(15)5-8/h4-6,11,13H,2-3,7,19H2,1H3. The molecule has 2 unspecified atom stereocenters. The Morgan fingerprint density at radius 3 is 2.57 bits per heavy atom. The summed E-state index contributed by atoms with van der Waals surface area (Å²) < 4.78 is 51.8. The molecule has 1 amide bonds. The average molecular weight is 304 g/mol. The number of amides is 1. The Kier molecular flexibility index (Phi) is 4.22. The second kappa shape index (κ2) is 5.63. The molecule has 1 heterocycles. The fourth-order valence-electron chi connectivity index (χ4n) is 2.70. The van der Waals surface area contributed by atoms with E-state index in [0.717, 1.165) is 12.1 Å². The summed E-state index contributed by atoms with van der Waals surface area (Å²) in [6.45, 7) is 2.23. The molecular weight excluding hydrogens is 288 g/mol. The summed E-state index contributed by atoms with van der Waals surface area (Å²) in [5.74, 6) is -1.20. The highest BCUT2D eigenvalue weighted by Gasteiger charge is 2.40. The molecule has 21 heavy (non-hydrogen) atoms. The Morgan fingerprint density at radius 1 is 1.33 bits per heavy atom. The molecule has 2 N–H and O–H groups in total. The van der Waals surface area contributed by atoms with E-state index >= 15 is 0 Å². The van der Waals surface area contributed by atoms with Crippen LogP contribution in [-0.2, 0) is 11.0 Å². The van der Waals surface area contributed by atoms with Crippen molar-refractivity contribution in [2.75, 3.05) is 6.54 Å². The molecule has 1 aromatic carbocycles. The first kappa shape index (κ1) is 15.8. The molecule has 0 bridgehead atoms. The van der Waals surface area contributed by atoms with Crippen LogP contribution in [-0.4, -0.2) is 23.4 Å². The smallest absolute Gasteiger partial charge is 0.334 e. The number of nitrogens with zero attached hydrogens (tertiary/aromatic N) is 1. The first-order chi connectivity index (χ1) is 9.74. The lowest BCUT2D eigenvalue weighted by Crippen LogP contribution is -2.33. The third-order valence-electron chi connectivity index (χ3n) is 3.53. The summed E-state index contributed by atoms with van der Waals surface area (Å²) in [6.07, 6.45) is -3.93. The summed E-state index contributed by atoms with van der Waals surface area (Å²) in [7, 11) is 0. The maximum atomic E-state index is 13.5. The number of carbonyl (C=O) groups is 1. The van der Waals surface area contributed by atoms with Crippen molar-refractivity contribution in [1.82, 2.24) is 4.90 Å². The number of hydrogen-bond acceptors (Lipinski definition) is 2. The van der Waals surface area contributed by atoms with Crippen LogP contribution in [0.15, 0.2) is 18.2 Å². The number of rotatable bonds is 3. The number of carbonyl (C=O) groups excluding carboxylic acids is 1. The molecule has 2 atom stereocenters. The van der Waals surface area contributed by atoms with E-state index in [1.807, 2.05) is 6.92 Å². The Morgan fingerprint density at radius 2 is 2.00 bits per heavy atom. The molecule has 1 fully saturated rings. The Hall–Kier alpha value is -1.63. The number of halogens is 4. The molecule has 1 aliphatic rings. The zero-order valence-electron chi connectivity index (χ0n) is 11.5. The Balaban J connectivity index is 2.44. The maximum absolute atomic E-state index is 13.5. The molecule has 0 aliphatic carbocycles. The van der Waals surface area contributed by atoms with E-state index < -0.39 is 29.6 Å². The van der Waals surface area contributed by atoms with Crippen molar-refractivity contribution in [3.63, 3.8) is 0 Å². The SMILES string of the molecule is CCCN1C(=O)CC(N)C1c1cc(F)cc(C(F)(F)F)c1. The van der Waals surface area contributed by atoms with Gasteiger partial charge in [-0.15, -0.1) is 0 Å². The fraction of sp³-hybridized carbons (Fsp3) is 0.500. The highest BCUT2D eigenvalue weighted by atomic mass is 19.4. The van der Waals surface area contributed by atoms with E-state index in [1.54, 1.807) is 0 Å². The van der Waals surface area contributed by atoms with Gasteiger partial charge in [-0.05, 0) is 30.2 Å². The van der Waals surface area contributed by atoms with Gasteiger partial charge in [-0.3, -0.25) is 4.79 Å². The van der Waals surface area contributed by atoms with Crippen molar-refractivity contribution in [1.29, 1.82) is 0 Å². The van der Waals surface area contributed by atoms with Crippen molar-refractivity contribution < 1.29 is 22.4 Å². The van der Waals surface area contributed by atoms with Gasteiger partial charge in [0.25, 0.3) is 0 Å². The normalized spacial score (nSPS) is 23.0. The van der Waals surface area contributed by atoms with Crippen LogP contribution in [0.25, 0.3) is 0 Å². The minimum absolute atomic E-state index is 0.0581. The summed E-state index contributed by atoms with van der Waals surface area (Å²) in [4.78, 5) is 13.3. The Bertz CT molecular complexity index is 544. The van der Waals surface area contributed by atoms with Gasteiger partial charge in [0.2, 0.25) is 5.91 Å². The molecule has 7 heteroatoms. The molecule has 0 aromatic heterocycles. The van der Waals surface area contributed by atoms with Crippen molar-refractivity contribution in [2.45, 2.75) is 38.0 Å². The van der Waals surface area contributed by atoms with E-state index in [1.165, 1.54) is 4.90 Å². The largest absolute Gasteiger partial charge is 0.416 e. The fourth-order valence-corrected chi connectivity index (χ4v) is 2.70. The third-order valence-corrected chi connectivity index (χ3v) is 3.53. The van der Waals surface area contributed by atoms with E-state index in [0.29, 0.717) is 19.0 Å². The van der Waals surface area contributed by atoms with Crippen LogP contribution in [0.5, 0.6) is 0 Å². The Labute approximate surface area is 119 Å². The highest BCUT2D eigenvalue weighted by Crippen LogP contribution is 2.36. The molecular formula is C14H16F4N2O. The van der Waals surface area contributed by atoms with Gasteiger partial charge in [0.15, 0.2) is 0 Å². The quantitative estimate of drug-likeness (QED) is 0.873. The minimum atomic E-state index is -4.64. The highest BCUT2D eigenvalue weighted by molar-refractivity contribution is 5.80. The monoisotopic (exact) mass is 304 g/mol. The predicted molar refractivity (Wildman–Crippen MR) is 68.7 cm³/mol. The van der Waals surface area contributed by atoms with Gasteiger partial charge >= 0.3 is 6.18 Å². The molecule has 1 aliphatic heterocycles. The van der Waals surface area contributed by atoms with Crippen LogP contribution in [0.4, 0.5) is 17.6 Å². The van der Waals surface area contributed by atoms with Crippen LogP contribution in [0, 0.1) is 5.82 Å². The predicted octanol–water partition coefficient (Wildman–Crippen LogP) is 2.86.